The molecular weight excluding hydrogens is 348 g/mol. The molecule has 0 aliphatic rings. The molecule has 0 aliphatic carbocycles. The summed E-state index contributed by atoms with van der Waals surface area (Å²) in [6, 6.07) is 25.9. The zero-order valence-electron chi connectivity index (χ0n) is 15.5. The zero-order chi connectivity index (χ0) is 19.2. The fourth-order valence-electron chi connectivity index (χ4n) is 2.89. The summed E-state index contributed by atoms with van der Waals surface area (Å²) in [4.78, 5) is 14.2. The average Bonchev–Trinajstić information content (AvgIpc) is 2.75. The molecule has 3 aromatic carbocycles. The molecule has 138 valence electrons. The van der Waals surface area contributed by atoms with Crippen molar-refractivity contribution in [3.05, 3.63) is 96.3 Å². The van der Waals surface area contributed by atoms with Crippen LogP contribution >= 0.6 is 0 Å². The number of hydrogen-bond acceptors (Lipinski definition) is 5. The first-order valence-corrected chi connectivity index (χ1v) is 9.07. The van der Waals surface area contributed by atoms with Crippen LogP contribution in [0.1, 0.15) is 18.1 Å². The van der Waals surface area contributed by atoms with Crippen molar-refractivity contribution >= 4 is 28.1 Å². The summed E-state index contributed by atoms with van der Waals surface area (Å²) in [5.74, 6) is 0.776. The Hall–Kier alpha value is -3.73. The lowest BCUT2D eigenvalue weighted by Crippen LogP contribution is -2.00. The molecule has 0 saturated carbocycles. The van der Waals surface area contributed by atoms with E-state index in [9.17, 15) is 0 Å². The van der Waals surface area contributed by atoms with Crippen molar-refractivity contribution in [2.24, 2.45) is 5.16 Å². The van der Waals surface area contributed by atoms with Crippen LogP contribution in [-0.4, -0.2) is 15.7 Å². The number of fused-ring (bicyclic) bond motifs is 1. The molecule has 0 radical (unpaired) electrons. The summed E-state index contributed by atoms with van der Waals surface area (Å²) in [5.41, 5.74) is 4.72. The van der Waals surface area contributed by atoms with Gasteiger partial charge in [0.1, 0.15) is 18.8 Å². The van der Waals surface area contributed by atoms with Crippen LogP contribution in [-0.2, 0) is 11.4 Å². The summed E-state index contributed by atoms with van der Waals surface area (Å²) in [6.07, 6.45) is 1.57. The number of nitrogens with zero attached hydrogens (tertiary/aromatic N) is 3. The minimum atomic E-state index is 0.447. The third kappa shape index (κ3) is 4.15. The van der Waals surface area contributed by atoms with Crippen molar-refractivity contribution in [2.45, 2.75) is 13.5 Å². The SMILES string of the molecule is C/C(=N/OCc1ccccc1)c1cccc(Nc2ncnc3ccccc23)c1. The van der Waals surface area contributed by atoms with Crippen molar-refractivity contribution in [2.75, 3.05) is 5.32 Å². The number of hydrogen-bond donors (Lipinski definition) is 1. The second kappa shape index (κ2) is 8.31. The molecule has 0 saturated heterocycles. The van der Waals surface area contributed by atoms with Gasteiger partial charge in [0.25, 0.3) is 0 Å². The molecule has 0 bridgehead atoms. The highest BCUT2D eigenvalue weighted by molar-refractivity contribution is 5.99. The van der Waals surface area contributed by atoms with Gasteiger partial charge in [0.15, 0.2) is 0 Å². The minimum absolute atomic E-state index is 0.447. The summed E-state index contributed by atoms with van der Waals surface area (Å²) >= 11 is 0. The van der Waals surface area contributed by atoms with Gasteiger partial charge < -0.3 is 10.2 Å². The smallest absolute Gasteiger partial charge is 0.142 e. The molecule has 0 aliphatic heterocycles. The van der Waals surface area contributed by atoms with Gasteiger partial charge in [0, 0.05) is 16.6 Å². The number of rotatable bonds is 6. The second-order valence-corrected chi connectivity index (χ2v) is 6.38. The van der Waals surface area contributed by atoms with Crippen molar-refractivity contribution < 1.29 is 4.84 Å². The van der Waals surface area contributed by atoms with Crippen LogP contribution < -0.4 is 5.32 Å². The molecule has 0 amide bonds. The van der Waals surface area contributed by atoms with Crippen LogP contribution in [0.2, 0.25) is 0 Å². The Morgan fingerprint density at radius 2 is 1.75 bits per heavy atom. The number of oxime groups is 1. The maximum absolute atomic E-state index is 5.50. The Morgan fingerprint density at radius 1 is 0.929 bits per heavy atom. The summed E-state index contributed by atoms with van der Waals surface area (Å²) in [6.45, 7) is 2.38. The van der Waals surface area contributed by atoms with Crippen LogP contribution in [0.4, 0.5) is 11.5 Å². The van der Waals surface area contributed by atoms with E-state index in [1.54, 1.807) is 6.33 Å². The molecule has 1 heterocycles. The molecule has 0 spiro atoms. The highest BCUT2D eigenvalue weighted by atomic mass is 16.6. The molecule has 4 aromatic rings. The van der Waals surface area contributed by atoms with Gasteiger partial charge in [-0.3, -0.25) is 0 Å². The fourth-order valence-corrected chi connectivity index (χ4v) is 2.89. The second-order valence-electron chi connectivity index (χ2n) is 6.38. The Balaban J connectivity index is 1.50. The van der Waals surface area contributed by atoms with Gasteiger partial charge in [-0.1, -0.05) is 59.8 Å². The van der Waals surface area contributed by atoms with Gasteiger partial charge in [-0.05, 0) is 36.8 Å². The highest BCUT2D eigenvalue weighted by Crippen LogP contribution is 2.23. The van der Waals surface area contributed by atoms with E-state index in [-0.39, 0.29) is 0 Å². The van der Waals surface area contributed by atoms with E-state index in [1.807, 2.05) is 85.8 Å². The number of anilines is 2. The lowest BCUT2D eigenvalue weighted by atomic mass is 10.1. The quantitative estimate of drug-likeness (QED) is 0.370. The lowest BCUT2D eigenvalue weighted by Gasteiger charge is -2.10. The Bertz CT molecular complexity index is 1100. The standard InChI is InChI=1S/C23H20N4O/c1-17(27-28-15-18-8-3-2-4-9-18)19-10-7-11-20(14-19)26-23-21-12-5-6-13-22(21)24-16-25-23/h2-14,16H,15H2,1H3,(H,24,25,26)/b27-17-. The molecule has 4 rings (SSSR count). The maximum atomic E-state index is 5.50. The Morgan fingerprint density at radius 3 is 2.64 bits per heavy atom. The normalized spacial score (nSPS) is 11.4. The summed E-state index contributed by atoms with van der Waals surface area (Å²) < 4.78 is 0. The first-order chi connectivity index (χ1) is 13.8. The minimum Gasteiger partial charge on any atom is -0.391 e. The molecule has 0 atom stereocenters. The van der Waals surface area contributed by atoms with E-state index in [0.717, 1.165) is 39.2 Å². The van der Waals surface area contributed by atoms with Gasteiger partial charge >= 0.3 is 0 Å². The van der Waals surface area contributed by atoms with Crippen LogP contribution in [0.15, 0.2) is 90.3 Å². The topological polar surface area (TPSA) is 59.4 Å². The number of nitrogens with one attached hydrogen (secondary N) is 1. The van der Waals surface area contributed by atoms with Crippen molar-refractivity contribution in [3.63, 3.8) is 0 Å². The van der Waals surface area contributed by atoms with Gasteiger partial charge in [-0.2, -0.15) is 0 Å². The van der Waals surface area contributed by atoms with Crippen LogP contribution in [0.5, 0.6) is 0 Å². The highest BCUT2D eigenvalue weighted by Gasteiger charge is 2.05. The van der Waals surface area contributed by atoms with E-state index in [4.69, 9.17) is 4.84 Å². The maximum Gasteiger partial charge on any atom is 0.142 e. The zero-order valence-corrected chi connectivity index (χ0v) is 15.5. The van der Waals surface area contributed by atoms with Crippen molar-refractivity contribution in [1.29, 1.82) is 0 Å². The number of benzene rings is 3. The Kier molecular flexibility index (Phi) is 5.24. The van der Waals surface area contributed by atoms with Crippen LogP contribution in [0.3, 0.4) is 0 Å². The largest absolute Gasteiger partial charge is 0.391 e. The molecule has 0 unspecified atom stereocenters. The van der Waals surface area contributed by atoms with Crippen molar-refractivity contribution in [3.8, 4) is 0 Å². The van der Waals surface area contributed by atoms with E-state index in [0.29, 0.717) is 6.61 Å². The summed E-state index contributed by atoms with van der Waals surface area (Å²) in [7, 11) is 0. The lowest BCUT2D eigenvalue weighted by molar-refractivity contribution is 0.130. The third-order valence-electron chi connectivity index (χ3n) is 4.36. The molecule has 1 aromatic heterocycles. The monoisotopic (exact) mass is 368 g/mol. The fraction of sp³-hybridized carbons (Fsp3) is 0.0870. The molecule has 5 nitrogen and oxygen atoms in total. The summed E-state index contributed by atoms with van der Waals surface area (Å²) in [5, 5.41) is 8.61. The van der Waals surface area contributed by atoms with Gasteiger partial charge in [0.05, 0.1) is 11.2 Å². The third-order valence-corrected chi connectivity index (χ3v) is 4.36. The van der Waals surface area contributed by atoms with Gasteiger partial charge in [-0.25, -0.2) is 9.97 Å². The predicted molar refractivity (Wildman–Crippen MR) is 113 cm³/mol. The van der Waals surface area contributed by atoms with Crippen LogP contribution in [0.25, 0.3) is 10.9 Å². The van der Waals surface area contributed by atoms with E-state index < -0.39 is 0 Å². The van der Waals surface area contributed by atoms with Gasteiger partial charge in [0.2, 0.25) is 0 Å². The first kappa shape index (κ1) is 17.7. The Labute approximate surface area is 163 Å². The molecule has 1 N–H and O–H groups in total. The van der Waals surface area contributed by atoms with E-state index in [2.05, 4.69) is 20.4 Å². The average molecular weight is 368 g/mol. The molecule has 5 heteroatoms. The number of para-hydroxylation sites is 1. The molecular formula is C23H20N4O. The van der Waals surface area contributed by atoms with Gasteiger partial charge in [-0.15, -0.1) is 0 Å². The van der Waals surface area contributed by atoms with E-state index >= 15 is 0 Å². The van der Waals surface area contributed by atoms with Crippen LogP contribution in [0, 0.1) is 0 Å². The van der Waals surface area contributed by atoms with Crippen molar-refractivity contribution in [1.82, 2.24) is 9.97 Å². The van der Waals surface area contributed by atoms with E-state index in [1.165, 1.54) is 0 Å². The predicted octanol–water partition coefficient (Wildman–Crippen LogP) is 5.31. The molecule has 28 heavy (non-hydrogen) atoms. The molecule has 0 fully saturated rings. The number of aromatic nitrogens is 2. The first-order valence-electron chi connectivity index (χ1n) is 9.07.